The van der Waals surface area contributed by atoms with E-state index in [1.807, 2.05) is 17.4 Å². The number of hydrogen-bond acceptors (Lipinski definition) is 2. The van der Waals surface area contributed by atoms with Crippen molar-refractivity contribution in [3.8, 4) is 0 Å². The highest BCUT2D eigenvalue weighted by Gasteiger charge is 2.17. The number of rotatable bonds is 3. The van der Waals surface area contributed by atoms with Gasteiger partial charge in [0.25, 0.3) is 0 Å². The maximum Gasteiger partial charge on any atom is 0.124 e. The van der Waals surface area contributed by atoms with Gasteiger partial charge in [-0.05, 0) is 85.0 Å². The van der Waals surface area contributed by atoms with E-state index < -0.39 is 0 Å². The van der Waals surface area contributed by atoms with Crippen LogP contribution in [-0.2, 0) is 12.8 Å². The molecule has 1 unspecified atom stereocenters. The lowest BCUT2D eigenvalue weighted by molar-refractivity contribution is 0.627. The predicted octanol–water partition coefficient (Wildman–Crippen LogP) is 5.54. The molecule has 4 heteroatoms. The minimum Gasteiger partial charge on any atom is -0.377 e. The molecule has 1 atom stereocenters. The van der Waals surface area contributed by atoms with Gasteiger partial charge in [-0.3, -0.25) is 0 Å². The number of thiophene rings is 1. The summed E-state index contributed by atoms with van der Waals surface area (Å²) in [4.78, 5) is 2.95. The van der Waals surface area contributed by atoms with Crippen molar-refractivity contribution in [1.29, 1.82) is 0 Å². The average molecular weight is 401 g/mol. The molecule has 0 saturated heterocycles. The summed E-state index contributed by atoms with van der Waals surface area (Å²) in [7, 11) is 0. The van der Waals surface area contributed by atoms with Crippen LogP contribution in [0.15, 0.2) is 24.3 Å². The third-order valence-electron chi connectivity index (χ3n) is 3.75. The van der Waals surface area contributed by atoms with Gasteiger partial charge in [0, 0.05) is 19.0 Å². The molecule has 1 aromatic heterocycles. The second-order valence-electron chi connectivity index (χ2n) is 5.29. The molecule has 0 bridgehead atoms. The number of fused-ring (bicyclic) bond motifs is 1. The van der Waals surface area contributed by atoms with E-state index in [4.69, 9.17) is 0 Å². The molecule has 1 aromatic carbocycles. The van der Waals surface area contributed by atoms with Crippen molar-refractivity contribution in [3.63, 3.8) is 0 Å². The van der Waals surface area contributed by atoms with Crippen LogP contribution < -0.4 is 5.32 Å². The van der Waals surface area contributed by atoms with Crippen LogP contribution in [0.2, 0.25) is 0 Å². The molecule has 0 fully saturated rings. The number of halogens is 2. The summed E-state index contributed by atoms with van der Waals surface area (Å²) in [6.45, 7) is 2.18. The fraction of sp³-hybridized carbons (Fsp3) is 0.375. The Morgan fingerprint density at radius 3 is 2.80 bits per heavy atom. The Balaban J connectivity index is 1.78. The fourth-order valence-corrected chi connectivity index (χ4v) is 4.53. The summed E-state index contributed by atoms with van der Waals surface area (Å²) in [5, 5.41) is 3.50. The maximum absolute atomic E-state index is 13.1. The Morgan fingerprint density at radius 2 is 2.05 bits per heavy atom. The zero-order valence-corrected chi connectivity index (χ0v) is 14.4. The van der Waals surface area contributed by atoms with E-state index in [0.29, 0.717) is 0 Å². The van der Waals surface area contributed by atoms with Gasteiger partial charge in [-0.15, -0.1) is 11.3 Å². The van der Waals surface area contributed by atoms with Crippen LogP contribution in [0.1, 0.15) is 41.1 Å². The first-order valence-electron chi connectivity index (χ1n) is 6.96. The third-order valence-corrected chi connectivity index (χ3v) is 6.06. The molecule has 3 rings (SSSR count). The molecule has 2 aromatic rings. The van der Waals surface area contributed by atoms with Crippen LogP contribution >= 0.6 is 33.9 Å². The van der Waals surface area contributed by atoms with Crippen LogP contribution in [0.25, 0.3) is 0 Å². The molecule has 20 heavy (non-hydrogen) atoms. The molecular formula is C16H17FINS. The standard InChI is InChI=1S/C16H17FINS/c1-10(19-14-7-6-12(17)9-13(14)18)16-8-11-4-2-3-5-15(11)20-16/h6-10,19H,2-5H2,1H3. The highest BCUT2D eigenvalue weighted by Crippen LogP contribution is 2.34. The minimum absolute atomic E-state index is 0.181. The molecule has 0 amide bonds. The van der Waals surface area contributed by atoms with Crippen LogP contribution in [0.5, 0.6) is 0 Å². The van der Waals surface area contributed by atoms with Crippen molar-refractivity contribution in [2.45, 2.75) is 38.6 Å². The first-order valence-corrected chi connectivity index (χ1v) is 8.86. The summed E-state index contributed by atoms with van der Waals surface area (Å²) in [5.41, 5.74) is 2.55. The summed E-state index contributed by atoms with van der Waals surface area (Å²) < 4.78 is 14.1. The smallest absolute Gasteiger partial charge is 0.124 e. The van der Waals surface area contributed by atoms with Gasteiger partial charge in [-0.2, -0.15) is 0 Å². The van der Waals surface area contributed by atoms with Crippen LogP contribution in [0.4, 0.5) is 10.1 Å². The molecule has 0 spiro atoms. The van der Waals surface area contributed by atoms with Crippen LogP contribution in [0, 0.1) is 9.39 Å². The number of benzene rings is 1. The lowest BCUT2D eigenvalue weighted by atomic mass is 9.99. The van der Waals surface area contributed by atoms with Gasteiger partial charge in [-0.25, -0.2) is 4.39 Å². The van der Waals surface area contributed by atoms with Crippen molar-refractivity contribution >= 4 is 39.6 Å². The Labute approximate surface area is 136 Å². The van der Waals surface area contributed by atoms with E-state index in [1.54, 1.807) is 16.5 Å². The Bertz CT molecular complexity index is 599. The highest BCUT2D eigenvalue weighted by molar-refractivity contribution is 14.1. The minimum atomic E-state index is -0.181. The van der Waals surface area contributed by atoms with E-state index in [0.717, 1.165) is 9.26 Å². The summed E-state index contributed by atoms with van der Waals surface area (Å²) in [6.07, 6.45) is 5.11. The molecule has 1 heterocycles. The number of anilines is 1. The lowest BCUT2D eigenvalue weighted by Gasteiger charge is -2.15. The SMILES string of the molecule is CC(Nc1ccc(F)cc1I)c1cc2c(s1)CCCC2. The summed E-state index contributed by atoms with van der Waals surface area (Å²) in [6, 6.07) is 7.52. The van der Waals surface area contributed by atoms with Gasteiger partial charge < -0.3 is 5.32 Å². The van der Waals surface area contributed by atoms with Crippen LogP contribution in [-0.4, -0.2) is 0 Å². The van der Waals surface area contributed by atoms with E-state index in [9.17, 15) is 4.39 Å². The molecule has 1 nitrogen and oxygen atoms in total. The second-order valence-corrected chi connectivity index (χ2v) is 7.63. The molecule has 106 valence electrons. The summed E-state index contributed by atoms with van der Waals surface area (Å²) in [5.74, 6) is -0.181. The molecule has 1 N–H and O–H groups in total. The topological polar surface area (TPSA) is 12.0 Å². The maximum atomic E-state index is 13.1. The third kappa shape index (κ3) is 3.01. The monoisotopic (exact) mass is 401 g/mol. The van der Waals surface area contributed by atoms with E-state index in [2.05, 4.69) is 40.9 Å². The van der Waals surface area contributed by atoms with Gasteiger partial charge in [-0.1, -0.05) is 0 Å². The number of aryl methyl sites for hydroxylation is 2. The largest absolute Gasteiger partial charge is 0.377 e. The van der Waals surface area contributed by atoms with Gasteiger partial charge in [0.1, 0.15) is 5.82 Å². The van der Waals surface area contributed by atoms with E-state index >= 15 is 0 Å². The molecular weight excluding hydrogens is 384 g/mol. The Morgan fingerprint density at radius 1 is 1.25 bits per heavy atom. The first kappa shape index (κ1) is 14.3. The number of hydrogen-bond donors (Lipinski definition) is 1. The zero-order valence-electron chi connectivity index (χ0n) is 11.4. The van der Waals surface area contributed by atoms with E-state index in [-0.39, 0.29) is 11.9 Å². The van der Waals surface area contributed by atoms with Crippen molar-refractivity contribution < 1.29 is 4.39 Å². The Kier molecular flexibility index (Phi) is 4.31. The zero-order chi connectivity index (χ0) is 14.1. The molecule has 1 aliphatic carbocycles. The van der Waals surface area contributed by atoms with Crippen molar-refractivity contribution in [2.24, 2.45) is 0 Å². The second kappa shape index (κ2) is 6.02. The first-order chi connectivity index (χ1) is 9.63. The van der Waals surface area contributed by atoms with Gasteiger partial charge in [0.2, 0.25) is 0 Å². The van der Waals surface area contributed by atoms with Crippen molar-refractivity contribution in [3.05, 3.63) is 49.0 Å². The molecule has 0 aliphatic heterocycles. The molecule has 0 saturated carbocycles. The average Bonchev–Trinajstić information content (AvgIpc) is 2.86. The Hall–Kier alpha value is -0.620. The lowest BCUT2D eigenvalue weighted by Crippen LogP contribution is -2.06. The predicted molar refractivity (Wildman–Crippen MR) is 92.1 cm³/mol. The number of nitrogens with one attached hydrogen (secondary N) is 1. The normalized spacial score (nSPS) is 15.8. The van der Waals surface area contributed by atoms with Crippen molar-refractivity contribution in [2.75, 3.05) is 5.32 Å². The van der Waals surface area contributed by atoms with Crippen molar-refractivity contribution in [1.82, 2.24) is 0 Å². The van der Waals surface area contributed by atoms with Gasteiger partial charge in [0.05, 0.1) is 6.04 Å². The van der Waals surface area contributed by atoms with E-state index in [1.165, 1.54) is 36.6 Å². The van der Waals surface area contributed by atoms with Gasteiger partial charge >= 0.3 is 0 Å². The highest BCUT2D eigenvalue weighted by atomic mass is 127. The molecule has 0 radical (unpaired) electrons. The molecule has 1 aliphatic rings. The fourth-order valence-electron chi connectivity index (χ4n) is 2.64. The quantitative estimate of drug-likeness (QED) is 0.666. The van der Waals surface area contributed by atoms with Crippen LogP contribution in [0.3, 0.4) is 0 Å². The summed E-state index contributed by atoms with van der Waals surface area (Å²) >= 11 is 4.11. The van der Waals surface area contributed by atoms with Gasteiger partial charge in [0.15, 0.2) is 0 Å².